The Balaban J connectivity index is 1.85. The number of carbonyl (C=O) groups is 2. The van der Waals surface area contributed by atoms with E-state index in [9.17, 15) is 9.59 Å². The maximum atomic E-state index is 12.2. The van der Waals surface area contributed by atoms with Crippen LogP contribution in [0.3, 0.4) is 0 Å². The lowest BCUT2D eigenvalue weighted by Gasteiger charge is -2.13. The highest BCUT2D eigenvalue weighted by Crippen LogP contribution is 2.36. The van der Waals surface area contributed by atoms with Crippen molar-refractivity contribution in [3.8, 4) is 0 Å². The molecule has 1 unspecified atom stereocenters. The Kier molecular flexibility index (Phi) is 2.56. The van der Waals surface area contributed by atoms with E-state index in [1.54, 1.807) is 12.1 Å². The fraction of sp³-hybridized carbons (Fsp3) is 0.385. The Morgan fingerprint density at radius 2 is 1.89 bits per heavy atom. The predicted molar refractivity (Wildman–Crippen MR) is 66.9 cm³/mol. The zero-order valence-electron chi connectivity index (χ0n) is 9.93. The van der Waals surface area contributed by atoms with Gasteiger partial charge >= 0.3 is 6.03 Å². The van der Waals surface area contributed by atoms with Crippen LogP contribution in [0, 0.1) is 5.92 Å². The molecule has 1 saturated carbocycles. The van der Waals surface area contributed by atoms with Crippen LogP contribution in [0.25, 0.3) is 0 Å². The number of hydrogen-bond donors (Lipinski definition) is 2. The van der Waals surface area contributed by atoms with Gasteiger partial charge in [0, 0.05) is 6.54 Å². The van der Waals surface area contributed by atoms with Gasteiger partial charge in [-0.25, -0.2) is 9.69 Å². The van der Waals surface area contributed by atoms with Gasteiger partial charge in [-0.1, -0.05) is 12.1 Å². The van der Waals surface area contributed by atoms with Crippen molar-refractivity contribution in [2.24, 2.45) is 11.7 Å². The molecule has 3 amide bonds. The third-order valence-corrected chi connectivity index (χ3v) is 3.49. The van der Waals surface area contributed by atoms with Gasteiger partial charge in [0.2, 0.25) is 0 Å². The highest BCUT2D eigenvalue weighted by molar-refractivity contribution is 6.21. The molecule has 0 radical (unpaired) electrons. The van der Waals surface area contributed by atoms with E-state index < -0.39 is 0 Å². The van der Waals surface area contributed by atoms with Gasteiger partial charge in [0.25, 0.3) is 5.91 Å². The van der Waals surface area contributed by atoms with Crippen molar-refractivity contribution in [3.63, 3.8) is 0 Å². The van der Waals surface area contributed by atoms with E-state index in [0.717, 1.165) is 18.4 Å². The maximum absolute atomic E-state index is 12.2. The summed E-state index contributed by atoms with van der Waals surface area (Å²) in [4.78, 5) is 25.2. The number of nitrogens with zero attached hydrogens (tertiary/aromatic N) is 1. The molecule has 0 spiro atoms. The first kappa shape index (κ1) is 11.2. The normalized spacial score (nSPS) is 23.4. The summed E-state index contributed by atoms with van der Waals surface area (Å²) < 4.78 is 0. The van der Waals surface area contributed by atoms with Crippen molar-refractivity contribution in [1.82, 2.24) is 5.32 Å². The van der Waals surface area contributed by atoms with E-state index in [1.807, 2.05) is 12.1 Å². The molecule has 5 heteroatoms. The van der Waals surface area contributed by atoms with Crippen LogP contribution in [0.5, 0.6) is 0 Å². The molecule has 1 heterocycles. The van der Waals surface area contributed by atoms with Crippen LogP contribution in [0.4, 0.5) is 10.5 Å². The molecule has 1 aromatic rings. The molecule has 94 valence electrons. The maximum Gasteiger partial charge on any atom is 0.329 e. The number of anilines is 1. The molecule has 5 nitrogen and oxygen atoms in total. The second-order valence-electron chi connectivity index (χ2n) is 4.81. The number of hydrogen-bond acceptors (Lipinski definition) is 3. The van der Waals surface area contributed by atoms with E-state index in [0.29, 0.717) is 18.2 Å². The summed E-state index contributed by atoms with van der Waals surface area (Å²) >= 11 is 0. The van der Waals surface area contributed by atoms with Crippen LogP contribution in [0.2, 0.25) is 0 Å². The molecule has 0 bridgehead atoms. The third-order valence-electron chi connectivity index (χ3n) is 3.49. The average molecular weight is 245 g/mol. The van der Waals surface area contributed by atoms with Crippen molar-refractivity contribution in [2.75, 3.05) is 4.90 Å². The smallest absolute Gasteiger partial charge is 0.326 e. The fourth-order valence-electron chi connectivity index (χ4n) is 2.27. The molecule has 2 aliphatic rings. The van der Waals surface area contributed by atoms with Crippen LogP contribution in [-0.4, -0.2) is 18.0 Å². The molecule has 3 N–H and O–H groups in total. The second kappa shape index (κ2) is 4.10. The summed E-state index contributed by atoms with van der Waals surface area (Å²) in [6, 6.07) is 6.54. The first-order chi connectivity index (χ1) is 8.70. The van der Waals surface area contributed by atoms with Crippen molar-refractivity contribution in [1.29, 1.82) is 0 Å². The molecule has 1 aromatic carbocycles. The van der Waals surface area contributed by atoms with Crippen molar-refractivity contribution in [2.45, 2.75) is 25.4 Å². The number of carbonyl (C=O) groups excluding carboxylic acids is 2. The number of nitrogens with two attached hydrogens (primary N) is 1. The second-order valence-corrected chi connectivity index (χ2v) is 4.81. The molecule has 1 atom stereocenters. The molecular formula is C13H15N3O2. The Hall–Kier alpha value is -1.88. The third kappa shape index (κ3) is 1.76. The monoisotopic (exact) mass is 245 g/mol. The number of amides is 3. The van der Waals surface area contributed by atoms with E-state index in [1.165, 1.54) is 4.90 Å². The molecule has 1 aliphatic heterocycles. The molecule has 18 heavy (non-hydrogen) atoms. The van der Waals surface area contributed by atoms with Gasteiger partial charge in [0.1, 0.15) is 6.04 Å². The Bertz CT molecular complexity index is 493. The van der Waals surface area contributed by atoms with E-state index in [4.69, 9.17) is 5.73 Å². The van der Waals surface area contributed by atoms with Crippen molar-refractivity contribution in [3.05, 3.63) is 29.8 Å². The number of benzene rings is 1. The van der Waals surface area contributed by atoms with E-state index in [-0.39, 0.29) is 18.0 Å². The zero-order chi connectivity index (χ0) is 12.7. The predicted octanol–water partition coefficient (Wildman–Crippen LogP) is 0.980. The van der Waals surface area contributed by atoms with Gasteiger partial charge in [0.15, 0.2) is 0 Å². The Labute approximate surface area is 105 Å². The Morgan fingerprint density at radius 1 is 1.22 bits per heavy atom. The Morgan fingerprint density at radius 3 is 2.44 bits per heavy atom. The van der Waals surface area contributed by atoms with Crippen LogP contribution in [0.15, 0.2) is 24.3 Å². The zero-order valence-corrected chi connectivity index (χ0v) is 9.93. The standard InChI is InChI=1S/C13H15N3O2/c14-7-8-1-5-10(6-2-8)16-12(17)11(9-3-4-9)15-13(16)18/h1-2,5-6,9,11H,3-4,7,14H2,(H,15,18). The van der Waals surface area contributed by atoms with Crippen molar-refractivity contribution < 1.29 is 9.59 Å². The molecule has 1 saturated heterocycles. The number of rotatable bonds is 3. The summed E-state index contributed by atoms with van der Waals surface area (Å²) in [5.74, 6) is 0.192. The van der Waals surface area contributed by atoms with Crippen LogP contribution in [-0.2, 0) is 11.3 Å². The highest BCUT2D eigenvalue weighted by atomic mass is 16.2. The molecular weight excluding hydrogens is 230 g/mol. The van der Waals surface area contributed by atoms with Gasteiger partial charge in [-0.2, -0.15) is 0 Å². The minimum atomic E-state index is -0.327. The number of urea groups is 1. The van der Waals surface area contributed by atoms with Crippen LogP contribution < -0.4 is 16.0 Å². The summed E-state index contributed by atoms with van der Waals surface area (Å²) in [7, 11) is 0. The number of nitrogens with one attached hydrogen (secondary N) is 1. The molecule has 1 aliphatic carbocycles. The molecule has 3 rings (SSSR count). The van der Waals surface area contributed by atoms with Gasteiger partial charge in [0.05, 0.1) is 5.69 Å². The van der Waals surface area contributed by atoms with Gasteiger partial charge in [-0.3, -0.25) is 4.79 Å². The van der Waals surface area contributed by atoms with Gasteiger partial charge in [-0.15, -0.1) is 0 Å². The summed E-state index contributed by atoms with van der Waals surface area (Å²) in [5, 5.41) is 2.76. The lowest BCUT2D eigenvalue weighted by Crippen LogP contribution is -2.32. The SMILES string of the molecule is NCc1ccc(N2C(=O)NC(C3CC3)C2=O)cc1. The van der Waals surface area contributed by atoms with Crippen LogP contribution >= 0.6 is 0 Å². The van der Waals surface area contributed by atoms with E-state index >= 15 is 0 Å². The topological polar surface area (TPSA) is 75.4 Å². The quantitative estimate of drug-likeness (QED) is 0.779. The van der Waals surface area contributed by atoms with Crippen LogP contribution in [0.1, 0.15) is 18.4 Å². The summed E-state index contributed by atoms with van der Waals surface area (Å²) in [6.45, 7) is 0.450. The number of imide groups is 1. The molecule has 2 fully saturated rings. The van der Waals surface area contributed by atoms with E-state index in [2.05, 4.69) is 5.32 Å². The molecule has 0 aromatic heterocycles. The van der Waals surface area contributed by atoms with Gasteiger partial charge in [-0.05, 0) is 36.5 Å². The largest absolute Gasteiger partial charge is 0.329 e. The van der Waals surface area contributed by atoms with Crippen molar-refractivity contribution >= 4 is 17.6 Å². The minimum absolute atomic E-state index is 0.136. The minimum Gasteiger partial charge on any atom is -0.326 e. The lowest BCUT2D eigenvalue weighted by atomic mass is 10.1. The fourth-order valence-corrected chi connectivity index (χ4v) is 2.27. The first-order valence-corrected chi connectivity index (χ1v) is 6.14. The average Bonchev–Trinajstić information content (AvgIpc) is 3.17. The highest BCUT2D eigenvalue weighted by Gasteiger charge is 2.46. The summed E-state index contributed by atoms with van der Waals surface area (Å²) in [6.07, 6.45) is 2.05. The lowest BCUT2D eigenvalue weighted by molar-refractivity contribution is -0.118. The summed E-state index contributed by atoms with van der Waals surface area (Å²) in [5.41, 5.74) is 7.10. The first-order valence-electron chi connectivity index (χ1n) is 6.14. The van der Waals surface area contributed by atoms with Gasteiger partial charge < -0.3 is 11.1 Å².